The van der Waals surface area contributed by atoms with Gasteiger partial charge >= 0.3 is 5.97 Å². The van der Waals surface area contributed by atoms with Crippen LogP contribution in [0.15, 0.2) is 12.3 Å². The lowest BCUT2D eigenvalue weighted by Gasteiger charge is -2.27. The van der Waals surface area contributed by atoms with Crippen molar-refractivity contribution >= 4 is 11.9 Å². The maximum absolute atomic E-state index is 12.1. The maximum Gasteiger partial charge on any atom is 0.307 e. The highest BCUT2D eigenvalue weighted by atomic mass is 16.4. The van der Waals surface area contributed by atoms with Crippen LogP contribution in [0.5, 0.6) is 0 Å². The van der Waals surface area contributed by atoms with Gasteiger partial charge in [-0.25, -0.2) is 0 Å². The van der Waals surface area contributed by atoms with Crippen LogP contribution in [-0.2, 0) is 23.2 Å². The molecule has 1 heterocycles. The van der Waals surface area contributed by atoms with Crippen LogP contribution in [0.1, 0.15) is 31.4 Å². The molecule has 19 heavy (non-hydrogen) atoms. The van der Waals surface area contributed by atoms with Crippen molar-refractivity contribution in [1.82, 2.24) is 15.1 Å². The number of aryl methyl sites for hydroxylation is 1. The lowest BCUT2D eigenvalue weighted by atomic mass is 9.79. The van der Waals surface area contributed by atoms with Gasteiger partial charge in [-0.3, -0.25) is 14.3 Å². The molecule has 2 rings (SSSR count). The monoisotopic (exact) mass is 265 g/mol. The fourth-order valence-corrected chi connectivity index (χ4v) is 2.61. The number of carbonyl (C=O) groups is 2. The third-order valence-corrected chi connectivity index (χ3v) is 3.63. The van der Waals surface area contributed by atoms with E-state index in [2.05, 4.69) is 10.4 Å². The first kappa shape index (κ1) is 13.6. The first-order valence-electron chi connectivity index (χ1n) is 6.57. The summed E-state index contributed by atoms with van der Waals surface area (Å²) in [4.78, 5) is 23.2. The number of carbonyl (C=O) groups excluding carboxylic acids is 1. The molecule has 6 nitrogen and oxygen atoms in total. The molecule has 2 N–H and O–H groups in total. The smallest absolute Gasteiger partial charge is 0.307 e. The molecule has 0 radical (unpaired) electrons. The lowest BCUT2D eigenvalue weighted by Crippen LogP contribution is -2.39. The van der Waals surface area contributed by atoms with Crippen LogP contribution in [0.25, 0.3) is 0 Å². The number of carboxylic acid groups (broad SMARTS) is 1. The second kappa shape index (κ2) is 5.86. The minimum Gasteiger partial charge on any atom is -0.481 e. The molecule has 0 aromatic carbocycles. The molecule has 0 aliphatic heterocycles. The Balaban J connectivity index is 1.92. The van der Waals surface area contributed by atoms with Crippen molar-refractivity contribution in [3.05, 3.63) is 18.0 Å². The minimum atomic E-state index is -0.863. The number of nitrogens with one attached hydrogen (secondary N) is 1. The summed E-state index contributed by atoms with van der Waals surface area (Å²) in [5.74, 6) is -1.98. The van der Waals surface area contributed by atoms with Gasteiger partial charge in [0.1, 0.15) is 0 Å². The predicted octanol–water partition coefficient (Wildman–Crippen LogP) is 0.927. The van der Waals surface area contributed by atoms with E-state index in [1.165, 1.54) is 0 Å². The molecule has 2 atom stereocenters. The predicted molar refractivity (Wildman–Crippen MR) is 68.1 cm³/mol. The number of nitrogens with zero attached hydrogens (tertiary/aromatic N) is 2. The molecule has 1 aromatic rings. The summed E-state index contributed by atoms with van der Waals surface area (Å²) in [5, 5.41) is 16.1. The first-order chi connectivity index (χ1) is 9.08. The van der Waals surface area contributed by atoms with Crippen molar-refractivity contribution in [1.29, 1.82) is 0 Å². The van der Waals surface area contributed by atoms with E-state index in [1.54, 1.807) is 4.68 Å². The minimum absolute atomic E-state index is 0.169. The zero-order valence-electron chi connectivity index (χ0n) is 11.0. The number of aliphatic carboxylic acids is 1. The fraction of sp³-hybridized carbons (Fsp3) is 0.615. The van der Waals surface area contributed by atoms with Gasteiger partial charge in [-0.15, -0.1) is 0 Å². The van der Waals surface area contributed by atoms with E-state index in [4.69, 9.17) is 5.11 Å². The average Bonchev–Trinajstić information content (AvgIpc) is 2.81. The molecule has 6 heteroatoms. The highest BCUT2D eigenvalue weighted by Gasteiger charge is 2.35. The van der Waals surface area contributed by atoms with E-state index in [9.17, 15) is 9.59 Å². The summed E-state index contributed by atoms with van der Waals surface area (Å²) in [5.41, 5.74) is 0.776. The molecule has 1 fully saturated rings. The van der Waals surface area contributed by atoms with E-state index in [0.29, 0.717) is 19.4 Å². The number of hydrogen-bond acceptors (Lipinski definition) is 3. The van der Waals surface area contributed by atoms with Crippen LogP contribution in [0.4, 0.5) is 0 Å². The lowest BCUT2D eigenvalue weighted by molar-refractivity contribution is -0.148. The Morgan fingerprint density at radius 3 is 2.68 bits per heavy atom. The van der Waals surface area contributed by atoms with E-state index in [0.717, 1.165) is 18.5 Å². The second-order valence-corrected chi connectivity index (χ2v) is 5.03. The molecule has 1 aliphatic carbocycles. The molecule has 1 saturated carbocycles. The van der Waals surface area contributed by atoms with Gasteiger partial charge in [-0.05, 0) is 18.9 Å². The van der Waals surface area contributed by atoms with Gasteiger partial charge in [-0.1, -0.05) is 12.8 Å². The van der Waals surface area contributed by atoms with Crippen molar-refractivity contribution in [2.24, 2.45) is 18.9 Å². The van der Waals surface area contributed by atoms with Gasteiger partial charge in [0.2, 0.25) is 5.91 Å². The summed E-state index contributed by atoms with van der Waals surface area (Å²) in [6, 6.07) is 1.83. The van der Waals surface area contributed by atoms with E-state index in [-0.39, 0.29) is 5.91 Å². The molecule has 2 unspecified atom stereocenters. The van der Waals surface area contributed by atoms with Crippen molar-refractivity contribution in [3.8, 4) is 0 Å². The van der Waals surface area contributed by atoms with Crippen LogP contribution in [0, 0.1) is 11.8 Å². The molecule has 0 spiro atoms. The largest absolute Gasteiger partial charge is 0.481 e. The molecule has 104 valence electrons. The van der Waals surface area contributed by atoms with E-state index < -0.39 is 17.8 Å². The normalized spacial score (nSPS) is 23.0. The Hall–Kier alpha value is -1.85. The molecular weight excluding hydrogens is 246 g/mol. The first-order valence-corrected chi connectivity index (χ1v) is 6.57. The number of rotatable bonds is 4. The summed E-state index contributed by atoms with van der Waals surface area (Å²) in [7, 11) is 1.81. The number of hydrogen-bond donors (Lipinski definition) is 2. The van der Waals surface area contributed by atoms with Crippen LogP contribution in [0.2, 0.25) is 0 Å². The Morgan fingerprint density at radius 1 is 1.42 bits per heavy atom. The molecule has 1 aromatic heterocycles. The van der Waals surface area contributed by atoms with Gasteiger partial charge in [0, 0.05) is 13.2 Å². The molecule has 0 saturated heterocycles. The van der Waals surface area contributed by atoms with Crippen molar-refractivity contribution < 1.29 is 14.7 Å². The standard InChI is InChI=1S/C13H19N3O3/c1-16-7-6-9(15-16)8-14-12(17)10-4-2-3-5-11(10)13(18)19/h6-7,10-11H,2-5,8H2,1H3,(H,14,17)(H,18,19). The summed E-state index contributed by atoms with van der Waals surface area (Å²) in [6.45, 7) is 0.350. The van der Waals surface area contributed by atoms with Gasteiger partial charge in [0.05, 0.1) is 24.1 Å². The van der Waals surface area contributed by atoms with Crippen molar-refractivity contribution in [2.45, 2.75) is 32.2 Å². The molecular formula is C13H19N3O3. The van der Waals surface area contributed by atoms with Gasteiger partial charge in [-0.2, -0.15) is 5.10 Å². The van der Waals surface area contributed by atoms with E-state index >= 15 is 0 Å². The Bertz CT molecular complexity index is 469. The van der Waals surface area contributed by atoms with Gasteiger partial charge < -0.3 is 10.4 Å². The topological polar surface area (TPSA) is 84.2 Å². The SMILES string of the molecule is Cn1ccc(CNC(=O)C2CCCCC2C(=O)O)n1. The van der Waals surface area contributed by atoms with Crippen LogP contribution >= 0.6 is 0 Å². The summed E-state index contributed by atoms with van der Waals surface area (Å²) in [6.07, 6.45) is 4.87. The molecule has 1 aliphatic rings. The zero-order chi connectivity index (χ0) is 13.8. The summed E-state index contributed by atoms with van der Waals surface area (Å²) >= 11 is 0. The van der Waals surface area contributed by atoms with Crippen molar-refractivity contribution in [2.75, 3.05) is 0 Å². The third-order valence-electron chi connectivity index (χ3n) is 3.63. The molecule has 1 amide bonds. The molecule has 0 bridgehead atoms. The van der Waals surface area contributed by atoms with Crippen LogP contribution < -0.4 is 5.32 Å². The highest BCUT2D eigenvalue weighted by molar-refractivity contribution is 5.84. The quantitative estimate of drug-likeness (QED) is 0.848. The Labute approximate surface area is 111 Å². The number of carboxylic acids is 1. The second-order valence-electron chi connectivity index (χ2n) is 5.03. The van der Waals surface area contributed by atoms with E-state index in [1.807, 2.05) is 19.3 Å². The highest BCUT2D eigenvalue weighted by Crippen LogP contribution is 2.30. The van der Waals surface area contributed by atoms with Gasteiger partial charge in [0.25, 0.3) is 0 Å². The third kappa shape index (κ3) is 3.33. The zero-order valence-corrected chi connectivity index (χ0v) is 11.0. The Kier molecular flexibility index (Phi) is 4.19. The van der Waals surface area contributed by atoms with Crippen LogP contribution in [-0.4, -0.2) is 26.8 Å². The van der Waals surface area contributed by atoms with Crippen molar-refractivity contribution in [3.63, 3.8) is 0 Å². The van der Waals surface area contributed by atoms with Crippen LogP contribution in [0.3, 0.4) is 0 Å². The fourth-order valence-electron chi connectivity index (χ4n) is 2.61. The number of aromatic nitrogens is 2. The maximum atomic E-state index is 12.1. The number of amides is 1. The average molecular weight is 265 g/mol. The Morgan fingerprint density at radius 2 is 2.11 bits per heavy atom. The van der Waals surface area contributed by atoms with Gasteiger partial charge in [0.15, 0.2) is 0 Å². The summed E-state index contributed by atoms with van der Waals surface area (Å²) < 4.78 is 1.67.